The number of H-pyrrole nitrogens is 1. The van der Waals surface area contributed by atoms with Gasteiger partial charge < -0.3 is 10.3 Å². The fraction of sp³-hybridized carbons (Fsp3) is 0. The smallest absolute Gasteiger partial charge is 0.262 e. The highest BCUT2D eigenvalue weighted by Crippen LogP contribution is 2.16. The van der Waals surface area contributed by atoms with E-state index in [-0.39, 0.29) is 5.56 Å². The Labute approximate surface area is 148 Å². The lowest BCUT2D eigenvalue weighted by molar-refractivity contribution is 0.102. The van der Waals surface area contributed by atoms with Gasteiger partial charge in [-0.1, -0.05) is 18.2 Å². The van der Waals surface area contributed by atoms with Crippen molar-refractivity contribution in [3.63, 3.8) is 0 Å². The molecule has 0 aliphatic rings. The molecule has 0 radical (unpaired) electrons. The molecule has 0 unspecified atom stereocenters. The maximum Gasteiger partial charge on any atom is 0.262 e. The molecule has 1 aromatic carbocycles. The van der Waals surface area contributed by atoms with E-state index >= 15 is 0 Å². The lowest BCUT2D eigenvalue weighted by Crippen LogP contribution is -2.23. The van der Waals surface area contributed by atoms with Gasteiger partial charge in [0.15, 0.2) is 0 Å². The van der Waals surface area contributed by atoms with E-state index < -0.39 is 11.5 Å². The highest BCUT2D eigenvalue weighted by Gasteiger charge is 2.12. The predicted octanol–water partition coefficient (Wildman–Crippen LogP) is 3.24. The molecule has 3 aromatic heterocycles. The van der Waals surface area contributed by atoms with Crippen LogP contribution in [-0.4, -0.2) is 20.9 Å². The number of carbonyl (C=O) groups excluding carboxylic acids is 1. The molecule has 0 aliphatic carbocycles. The van der Waals surface area contributed by atoms with Gasteiger partial charge >= 0.3 is 0 Å². The Balaban J connectivity index is 1.60. The zero-order valence-corrected chi connectivity index (χ0v) is 13.6. The van der Waals surface area contributed by atoms with Crippen LogP contribution in [0.5, 0.6) is 0 Å². The quantitative estimate of drug-likeness (QED) is 0.598. The van der Waals surface area contributed by atoms with E-state index in [1.165, 1.54) is 6.07 Å². The van der Waals surface area contributed by atoms with Gasteiger partial charge in [-0.05, 0) is 42.5 Å². The molecule has 126 valence electrons. The first-order valence-corrected chi connectivity index (χ1v) is 8.01. The highest BCUT2D eigenvalue weighted by atomic mass is 16.2. The fourth-order valence-electron chi connectivity index (χ4n) is 2.67. The molecule has 26 heavy (non-hydrogen) atoms. The van der Waals surface area contributed by atoms with E-state index in [9.17, 15) is 9.59 Å². The molecule has 6 heteroatoms. The predicted molar refractivity (Wildman–Crippen MR) is 100.0 cm³/mol. The molecule has 0 atom stereocenters. The number of fused-ring (bicyclic) bond motifs is 1. The molecule has 0 fully saturated rings. The van der Waals surface area contributed by atoms with Crippen molar-refractivity contribution in [3.05, 3.63) is 89.0 Å². The van der Waals surface area contributed by atoms with Crippen molar-refractivity contribution in [1.82, 2.24) is 15.0 Å². The third-order valence-electron chi connectivity index (χ3n) is 3.99. The van der Waals surface area contributed by atoms with Gasteiger partial charge in [0.2, 0.25) is 0 Å². The monoisotopic (exact) mass is 342 g/mol. The molecular weight excluding hydrogens is 328 g/mol. The summed E-state index contributed by atoms with van der Waals surface area (Å²) in [6.07, 6.45) is 3.28. The second-order valence-corrected chi connectivity index (χ2v) is 5.69. The van der Waals surface area contributed by atoms with Crippen molar-refractivity contribution in [2.45, 2.75) is 0 Å². The van der Waals surface area contributed by atoms with Crippen molar-refractivity contribution in [3.8, 4) is 11.3 Å². The van der Waals surface area contributed by atoms with Crippen molar-refractivity contribution in [2.24, 2.45) is 0 Å². The molecule has 0 aliphatic heterocycles. The first kappa shape index (κ1) is 15.7. The number of carbonyl (C=O) groups is 1. The Kier molecular flexibility index (Phi) is 3.99. The summed E-state index contributed by atoms with van der Waals surface area (Å²) >= 11 is 0. The molecule has 4 aromatic rings. The molecule has 4 rings (SSSR count). The van der Waals surface area contributed by atoms with E-state index in [1.54, 1.807) is 36.7 Å². The third-order valence-corrected chi connectivity index (χ3v) is 3.99. The van der Waals surface area contributed by atoms with E-state index in [1.807, 2.05) is 30.3 Å². The number of amides is 1. The Hall–Kier alpha value is -3.80. The van der Waals surface area contributed by atoms with Gasteiger partial charge in [-0.25, -0.2) is 4.98 Å². The van der Waals surface area contributed by atoms with Gasteiger partial charge in [-0.3, -0.25) is 14.6 Å². The van der Waals surface area contributed by atoms with Gasteiger partial charge in [0.1, 0.15) is 11.4 Å². The van der Waals surface area contributed by atoms with Crippen molar-refractivity contribution >= 4 is 22.6 Å². The number of pyridine rings is 3. The minimum Gasteiger partial charge on any atom is -0.321 e. The van der Waals surface area contributed by atoms with Crippen LogP contribution in [0.25, 0.3) is 22.2 Å². The van der Waals surface area contributed by atoms with Crippen molar-refractivity contribution in [2.75, 3.05) is 5.32 Å². The summed E-state index contributed by atoms with van der Waals surface area (Å²) in [5, 5.41) is 3.65. The first-order valence-electron chi connectivity index (χ1n) is 8.01. The third kappa shape index (κ3) is 3.08. The van der Waals surface area contributed by atoms with E-state index in [0.717, 1.165) is 16.5 Å². The number of aromatic nitrogens is 3. The molecule has 6 nitrogen and oxygen atoms in total. The molecule has 1 amide bonds. The van der Waals surface area contributed by atoms with Gasteiger partial charge in [0.25, 0.3) is 11.5 Å². The summed E-state index contributed by atoms with van der Waals surface area (Å²) in [7, 11) is 0. The molecular formula is C20H14N4O2. The summed E-state index contributed by atoms with van der Waals surface area (Å²) in [6.45, 7) is 0. The van der Waals surface area contributed by atoms with Gasteiger partial charge in [-0.2, -0.15) is 0 Å². The lowest BCUT2D eigenvalue weighted by Gasteiger charge is -2.06. The number of para-hydroxylation sites is 1. The Bertz CT molecular complexity index is 1150. The second-order valence-electron chi connectivity index (χ2n) is 5.69. The molecule has 0 saturated carbocycles. The number of benzene rings is 1. The van der Waals surface area contributed by atoms with Crippen LogP contribution >= 0.6 is 0 Å². The average Bonchev–Trinajstić information content (AvgIpc) is 2.68. The number of nitrogens with zero attached hydrogens (tertiary/aromatic N) is 2. The summed E-state index contributed by atoms with van der Waals surface area (Å²) in [4.78, 5) is 35.8. The fourth-order valence-corrected chi connectivity index (χ4v) is 2.67. The number of rotatable bonds is 3. The molecule has 0 saturated heterocycles. The molecule has 0 bridgehead atoms. The largest absolute Gasteiger partial charge is 0.321 e. The molecule has 3 heterocycles. The normalized spacial score (nSPS) is 10.6. The standard InChI is InChI=1S/C20H14N4O2/c25-19-15(6-7-17(23-19)14-9-11-21-12-10-14)20(26)24-18-8-5-13-3-1-2-4-16(13)22-18/h1-12H,(H,23,25)(H,22,24,26). The maximum atomic E-state index is 12.4. The van der Waals surface area contributed by atoms with Crippen LogP contribution in [0.15, 0.2) is 77.9 Å². The van der Waals surface area contributed by atoms with Crippen LogP contribution in [0, 0.1) is 0 Å². The minimum absolute atomic E-state index is 0.0257. The van der Waals surface area contributed by atoms with Gasteiger partial charge in [-0.15, -0.1) is 0 Å². The van der Waals surface area contributed by atoms with Crippen LogP contribution in [0.2, 0.25) is 0 Å². The van der Waals surface area contributed by atoms with Gasteiger partial charge in [0, 0.05) is 29.0 Å². The SMILES string of the molecule is O=C(Nc1ccc2ccccc2n1)c1ccc(-c2ccncc2)[nH]c1=O. The number of nitrogens with one attached hydrogen (secondary N) is 2. The van der Waals surface area contributed by atoms with Crippen LogP contribution in [0.1, 0.15) is 10.4 Å². The molecule has 2 N–H and O–H groups in total. The Morgan fingerprint density at radius 3 is 2.54 bits per heavy atom. The lowest BCUT2D eigenvalue weighted by atomic mass is 10.1. The van der Waals surface area contributed by atoms with Crippen LogP contribution < -0.4 is 10.9 Å². The van der Waals surface area contributed by atoms with Crippen molar-refractivity contribution in [1.29, 1.82) is 0 Å². The number of anilines is 1. The Morgan fingerprint density at radius 1 is 0.923 bits per heavy atom. The average molecular weight is 342 g/mol. The van der Waals surface area contributed by atoms with E-state index in [2.05, 4.69) is 20.3 Å². The maximum absolute atomic E-state index is 12.4. The van der Waals surface area contributed by atoms with E-state index in [4.69, 9.17) is 0 Å². The first-order chi connectivity index (χ1) is 12.7. The van der Waals surface area contributed by atoms with Crippen LogP contribution in [0.4, 0.5) is 5.82 Å². The van der Waals surface area contributed by atoms with Crippen molar-refractivity contribution < 1.29 is 4.79 Å². The zero-order chi connectivity index (χ0) is 17.9. The number of aromatic amines is 1. The second kappa shape index (κ2) is 6.60. The number of hydrogen-bond donors (Lipinski definition) is 2. The summed E-state index contributed by atoms with van der Waals surface area (Å²) in [5.41, 5.74) is 1.78. The molecule has 0 spiro atoms. The van der Waals surface area contributed by atoms with Crippen LogP contribution in [0.3, 0.4) is 0 Å². The van der Waals surface area contributed by atoms with E-state index in [0.29, 0.717) is 11.5 Å². The summed E-state index contributed by atoms with van der Waals surface area (Å²) in [5.74, 6) is -0.110. The zero-order valence-electron chi connectivity index (χ0n) is 13.6. The highest BCUT2D eigenvalue weighted by molar-refractivity contribution is 6.04. The topological polar surface area (TPSA) is 87.7 Å². The summed E-state index contributed by atoms with van der Waals surface area (Å²) in [6, 6.07) is 17.9. The number of hydrogen-bond acceptors (Lipinski definition) is 4. The Morgan fingerprint density at radius 2 is 1.73 bits per heavy atom. The minimum atomic E-state index is -0.504. The van der Waals surface area contributed by atoms with Gasteiger partial charge in [0.05, 0.1) is 5.52 Å². The van der Waals surface area contributed by atoms with Crippen LogP contribution in [-0.2, 0) is 0 Å². The summed E-state index contributed by atoms with van der Waals surface area (Å²) < 4.78 is 0.